The molecule has 0 aromatic heterocycles. The number of carboxylic acid groups (broad SMARTS) is 1. The Labute approximate surface area is 121 Å². The number of carbonyl (C=O) groups excluding carboxylic acids is 1. The second-order valence-corrected chi connectivity index (χ2v) is 6.66. The monoisotopic (exact) mass is 281 g/mol. The van der Waals surface area contributed by atoms with Crippen LogP contribution in [-0.2, 0) is 9.59 Å². The fourth-order valence-corrected chi connectivity index (χ4v) is 3.53. The van der Waals surface area contributed by atoms with Crippen molar-refractivity contribution in [2.24, 2.45) is 17.8 Å². The molecule has 0 spiro atoms. The summed E-state index contributed by atoms with van der Waals surface area (Å²) in [5.74, 6) is 1.16. The van der Waals surface area contributed by atoms with Crippen LogP contribution in [0.25, 0.3) is 0 Å². The Hall–Kier alpha value is -1.06. The van der Waals surface area contributed by atoms with Crippen LogP contribution < -0.4 is 0 Å². The average Bonchev–Trinajstić information content (AvgIpc) is 2.46. The van der Waals surface area contributed by atoms with Crippen molar-refractivity contribution in [2.45, 2.75) is 58.3 Å². The van der Waals surface area contributed by atoms with Gasteiger partial charge in [0.1, 0.15) is 0 Å². The molecule has 0 bridgehead atoms. The first kappa shape index (κ1) is 15.3. The van der Waals surface area contributed by atoms with E-state index in [0.717, 1.165) is 51.1 Å². The zero-order valence-electron chi connectivity index (χ0n) is 12.5. The molecule has 1 N–H and O–H groups in total. The first-order valence-corrected chi connectivity index (χ1v) is 8.07. The third kappa shape index (κ3) is 4.22. The Morgan fingerprint density at radius 1 is 1.05 bits per heavy atom. The van der Waals surface area contributed by atoms with Crippen molar-refractivity contribution in [2.75, 3.05) is 13.1 Å². The van der Waals surface area contributed by atoms with Crippen molar-refractivity contribution in [1.82, 2.24) is 4.90 Å². The van der Waals surface area contributed by atoms with Gasteiger partial charge in [-0.05, 0) is 56.8 Å². The van der Waals surface area contributed by atoms with E-state index < -0.39 is 5.97 Å². The molecule has 1 aliphatic heterocycles. The summed E-state index contributed by atoms with van der Waals surface area (Å²) in [6.45, 7) is 3.93. The molecule has 1 amide bonds. The number of rotatable bonds is 4. The van der Waals surface area contributed by atoms with Crippen molar-refractivity contribution < 1.29 is 14.7 Å². The van der Waals surface area contributed by atoms with E-state index in [9.17, 15) is 9.59 Å². The number of likely N-dealkylation sites (tertiary alicyclic amines) is 1. The third-order valence-electron chi connectivity index (χ3n) is 5.06. The van der Waals surface area contributed by atoms with E-state index in [1.165, 1.54) is 12.8 Å². The Balaban J connectivity index is 1.73. The maximum atomic E-state index is 12.5. The van der Waals surface area contributed by atoms with Crippen molar-refractivity contribution in [3.63, 3.8) is 0 Å². The summed E-state index contributed by atoms with van der Waals surface area (Å²) in [6, 6.07) is 0. The van der Waals surface area contributed by atoms with Crippen LogP contribution in [0.3, 0.4) is 0 Å². The Morgan fingerprint density at radius 2 is 1.65 bits per heavy atom. The van der Waals surface area contributed by atoms with Crippen molar-refractivity contribution >= 4 is 11.9 Å². The van der Waals surface area contributed by atoms with Gasteiger partial charge in [0.05, 0.1) is 0 Å². The molecular weight excluding hydrogens is 254 g/mol. The highest BCUT2D eigenvalue weighted by molar-refractivity contribution is 5.79. The Kier molecular flexibility index (Phi) is 5.44. The van der Waals surface area contributed by atoms with Gasteiger partial charge in [0.2, 0.25) is 5.91 Å². The zero-order chi connectivity index (χ0) is 14.5. The van der Waals surface area contributed by atoms with Gasteiger partial charge in [0.25, 0.3) is 0 Å². The smallest absolute Gasteiger partial charge is 0.303 e. The molecule has 4 heteroatoms. The molecule has 0 radical (unpaired) electrons. The molecule has 0 unspecified atom stereocenters. The number of hydrogen-bond acceptors (Lipinski definition) is 2. The van der Waals surface area contributed by atoms with Gasteiger partial charge < -0.3 is 10.0 Å². The summed E-state index contributed by atoms with van der Waals surface area (Å²) in [4.78, 5) is 25.1. The lowest BCUT2D eigenvalue weighted by molar-refractivity contribution is -0.140. The Morgan fingerprint density at radius 3 is 2.20 bits per heavy atom. The molecule has 1 saturated heterocycles. The standard InChI is InChI=1S/C16H27NO3/c1-12-2-5-14(6-3-12)16(20)17-10-8-13(9-11-17)4-7-15(18)19/h12-14H,2-11H2,1H3,(H,18,19). The SMILES string of the molecule is CC1CCC(C(=O)N2CCC(CCC(=O)O)CC2)CC1. The highest BCUT2D eigenvalue weighted by Crippen LogP contribution is 2.31. The van der Waals surface area contributed by atoms with Crippen LogP contribution in [0.1, 0.15) is 58.3 Å². The molecule has 0 aromatic rings. The molecule has 1 heterocycles. The van der Waals surface area contributed by atoms with Crippen molar-refractivity contribution in [3.8, 4) is 0 Å². The van der Waals surface area contributed by atoms with Crippen molar-refractivity contribution in [3.05, 3.63) is 0 Å². The number of carboxylic acids is 1. The first-order valence-electron chi connectivity index (χ1n) is 8.07. The molecule has 1 aliphatic carbocycles. The van der Waals surface area contributed by atoms with Crippen LogP contribution in [0.5, 0.6) is 0 Å². The van der Waals surface area contributed by atoms with E-state index in [2.05, 4.69) is 6.92 Å². The predicted molar refractivity (Wildman–Crippen MR) is 77.3 cm³/mol. The van der Waals surface area contributed by atoms with Crippen LogP contribution in [-0.4, -0.2) is 35.0 Å². The number of hydrogen-bond donors (Lipinski definition) is 1. The molecule has 114 valence electrons. The lowest BCUT2D eigenvalue weighted by Crippen LogP contribution is -2.42. The number of amides is 1. The molecule has 2 rings (SSSR count). The summed E-state index contributed by atoms with van der Waals surface area (Å²) >= 11 is 0. The van der Waals surface area contributed by atoms with Gasteiger partial charge in [0, 0.05) is 25.4 Å². The van der Waals surface area contributed by atoms with E-state index in [0.29, 0.717) is 11.8 Å². The molecule has 2 aliphatic rings. The fraction of sp³-hybridized carbons (Fsp3) is 0.875. The van der Waals surface area contributed by atoms with Gasteiger partial charge in [-0.15, -0.1) is 0 Å². The summed E-state index contributed by atoms with van der Waals surface area (Å²) in [7, 11) is 0. The fourth-order valence-electron chi connectivity index (χ4n) is 3.53. The normalized spacial score (nSPS) is 28.4. The van der Waals surface area contributed by atoms with Crippen LogP contribution >= 0.6 is 0 Å². The topological polar surface area (TPSA) is 57.6 Å². The molecule has 20 heavy (non-hydrogen) atoms. The number of aliphatic carboxylic acids is 1. The van der Waals surface area contributed by atoms with Crippen LogP contribution in [0.15, 0.2) is 0 Å². The predicted octanol–water partition coefficient (Wildman–Crippen LogP) is 2.92. The minimum Gasteiger partial charge on any atom is -0.481 e. The molecular formula is C16H27NO3. The van der Waals surface area contributed by atoms with Crippen LogP contribution in [0, 0.1) is 17.8 Å². The van der Waals surface area contributed by atoms with Gasteiger partial charge in [-0.1, -0.05) is 6.92 Å². The van der Waals surface area contributed by atoms with Crippen molar-refractivity contribution in [1.29, 1.82) is 0 Å². The second kappa shape index (κ2) is 7.09. The van der Waals surface area contributed by atoms with E-state index in [1.807, 2.05) is 4.90 Å². The second-order valence-electron chi connectivity index (χ2n) is 6.66. The number of nitrogens with zero attached hydrogens (tertiary/aromatic N) is 1. The number of piperidine rings is 1. The lowest BCUT2D eigenvalue weighted by atomic mass is 9.82. The minimum absolute atomic E-state index is 0.252. The van der Waals surface area contributed by atoms with E-state index in [-0.39, 0.29) is 12.3 Å². The van der Waals surface area contributed by atoms with E-state index >= 15 is 0 Å². The third-order valence-corrected chi connectivity index (χ3v) is 5.06. The first-order chi connectivity index (χ1) is 9.56. The Bertz CT molecular complexity index is 340. The van der Waals surface area contributed by atoms with Gasteiger partial charge >= 0.3 is 5.97 Å². The van der Waals surface area contributed by atoms with Crippen LogP contribution in [0.2, 0.25) is 0 Å². The molecule has 1 saturated carbocycles. The van der Waals surface area contributed by atoms with Gasteiger partial charge in [0.15, 0.2) is 0 Å². The summed E-state index contributed by atoms with van der Waals surface area (Å²) in [6.07, 6.45) is 7.45. The van der Waals surface area contributed by atoms with E-state index in [4.69, 9.17) is 5.11 Å². The average molecular weight is 281 g/mol. The van der Waals surface area contributed by atoms with Gasteiger partial charge in [-0.2, -0.15) is 0 Å². The highest BCUT2D eigenvalue weighted by Gasteiger charge is 2.30. The maximum absolute atomic E-state index is 12.5. The number of carbonyl (C=O) groups is 2. The molecule has 4 nitrogen and oxygen atoms in total. The summed E-state index contributed by atoms with van der Waals surface area (Å²) in [5, 5.41) is 8.71. The van der Waals surface area contributed by atoms with E-state index in [1.54, 1.807) is 0 Å². The zero-order valence-corrected chi connectivity index (χ0v) is 12.5. The van der Waals surface area contributed by atoms with Gasteiger partial charge in [-0.3, -0.25) is 9.59 Å². The van der Waals surface area contributed by atoms with Gasteiger partial charge in [-0.25, -0.2) is 0 Å². The van der Waals surface area contributed by atoms with Crippen LogP contribution in [0.4, 0.5) is 0 Å². The molecule has 2 fully saturated rings. The summed E-state index contributed by atoms with van der Waals surface area (Å²) in [5.41, 5.74) is 0. The molecule has 0 atom stereocenters. The summed E-state index contributed by atoms with van der Waals surface area (Å²) < 4.78 is 0. The molecule has 0 aromatic carbocycles. The minimum atomic E-state index is -0.708. The lowest BCUT2D eigenvalue weighted by Gasteiger charge is -2.36. The maximum Gasteiger partial charge on any atom is 0.303 e. The quantitative estimate of drug-likeness (QED) is 0.862. The highest BCUT2D eigenvalue weighted by atomic mass is 16.4. The largest absolute Gasteiger partial charge is 0.481 e.